The van der Waals surface area contributed by atoms with Crippen LogP contribution in [0.3, 0.4) is 0 Å². The van der Waals surface area contributed by atoms with Crippen LogP contribution in [0.4, 0.5) is 4.79 Å². The summed E-state index contributed by atoms with van der Waals surface area (Å²) >= 11 is 0. The number of amides is 2. The van der Waals surface area contributed by atoms with E-state index in [2.05, 4.69) is 15.6 Å². The van der Waals surface area contributed by atoms with Gasteiger partial charge in [0.25, 0.3) is 0 Å². The first-order chi connectivity index (χ1) is 10.3. The predicted octanol–water partition coefficient (Wildman–Crippen LogP) is 2.88. The summed E-state index contributed by atoms with van der Waals surface area (Å²) < 4.78 is 0. The first kappa shape index (κ1) is 13.6. The molecule has 1 aliphatic carbocycles. The van der Waals surface area contributed by atoms with Crippen molar-refractivity contribution < 1.29 is 4.79 Å². The number of urea groups is 1. The molecule has 1 heterocycles. The maximum atomic E-state index is 12.1. The van der Waals surface area contributed by atoms with Crippen molar-refractivity contribution in [3.8, 4) is 0 Å². The minimum Gasteiger partial charge on any atom is -0.338 e. The highest BCUT2D eigenvalue weighted by molar-refractivity contribution is 5.75. The van der Waals surface area contributed by atoms with Gasteiger partial charge >= 0.3 is 6.03 Å². The summed E-state index contributed by atoms with van der Waals surface area (Å²) in [5.41, 5.74) is 1.86. The molecule has 2 aromatic rings. The Hall–Kier alpha value is -2.36. The third kappa shape index (κ3) is 3.81. The number of hydrogen-bond donors (Lipinski definition) is 2. The smallest absolute Gasteiger partial charge is 0.315 e. The minimum atomic E-state index is -0.230. The lowest BCUT2D eigenvalue weighted by Gasteiger charge is -2.19. The molecule has 0 unspecified atom stereocenters. The van der Waals surface area contributed by atoms with Gasteiger partial charge in [0.15, 0.2) is 0 Å². The second kappa shape index (κ2) is 6.39. The Bertz CT molecular complexity index is 542. The summed E-state index contributed by atoms with van der Waals surface area (Å²) in [6.07, 6.45) is 4.19. The first-order valence-electron chi connectivity index (χ1n) is 7.33. The van der Waals surface area contributed by atoms with Crippen LogP contribution in [0.5, 0.6) is 0 Å². The maximum Gasteiger partial charge on any atom is 0.315 e. The normalized spacial score (nSPS) is 15.2. The van der Waals surface area contributed by atoms with E-state index >= 15 is 0 Å². The molecule has 1 atom stereocenters. The molecule has 1 aromatic heterocycles. The molecule has 4 nitrogen and oxygen atoms in total. The zero-order valence-electron chi connectivity index (χ0n) is 11.8. The van der Waals surface area contributed by atoms with Gasteiger partial charge in [-0.05, 0) is 36.5 Å². The molecule has 4 heteroatoms. The summed E-state index contributed by atoms with van der Waals surface area (Å²) in [5, 5.41) is 5.96. The fourth-order valence-corrected chi connectivity index (χ4v) is 2.26. The fourth-order valence-electron chi connectivity index (χ4n) is 2.26. The number of pyridine rings is 1. The third-order valence-electron chi connectivity index (χ3n) is 3.64. The van der Waals surface area contributed by atoms with Crippen LogP contribution in [0.2, 0.25) is 0 Å². The molecule has 21 heavy (non-hydrogen) atoms. The number of nitrogens with zero attached hydrogens (tertiary/aromatic N) is 1. The van der Waals surface area contributed by atoms with E-state index in [0.717, 1.165) is 17.8 Å². The molecule has 0 aliphatic heterocycles. The molecule has 1 fully saturated rings. The van der Waals surface area contributed by atoms with Crippen molar-refractivity contribution in [3.05, 3.63) is 66.0 Å². The highest BCUT2D eigenvalue weighted by Crippen LogP contribution is 2.27. The van der Waals surface area contributed by atoms with Crippen LogP contribution in [0, 0.1) is 5.92 Å². The molecule has 108 valence electrons. The zero-order valence-corrected chi connectivity index (χ0v) is 11.8. The van der Waals surface area contributed by atoms with Crippen molar-refractivity contribution in [1.82, 2.24) is 15.6 Å². The summed E-state index contributed by atoms with van der Waals surface area (Å²) in [7, 11) is 0. The van der Waals surface area contributed by atoms with E-state index in [4.69, 9.17) is 0 Å². The summed E-state index contributed by atoms with van der Waals surface area (Å²) in [4.78, 5) is 16.5. The van der Waals surface area contributed by atoms with Crippen LogP contribution in [-0.4, -0.2) is 17.6 Å². The van der Waals surface area contributed by atoms with Crippen molar-refractivity contribution in [2.24, 2.45) is 5.92 Å². The third-order valence-corrected chi connectivity index (χ3v) is 3.64. The number of benzene rings is 1. The minimum absolute atomic E-state index is 0.138. The molecule has 3 rings (SSSR count). The molecule has 0 bridgehead atoms. The topological polar surface area (TPSA) is 54.0 Å². The maximum absolute atomic E-state index is 12.1. The SMILES string of the molecule is O=C(NCC1CC1)N[C@@H](c1ccccc1)c1ccccn1. The van der Waals surface area contributed by atoms with Gasteiger partial charge in [-0.25, -0.2) is 4.79 Å². The van der Waals surface area contributed by atoms with E-state index in [1.54, 1.807) is 6.20 Å². The standard InChI is InChI=1S/C17H19N3O/c21-17(19-12-13-9-10-13)20-16(14-6-2-1-3-7-14)15-8-4-5-11-18-15/h1-8,11,13,16H,9-10,12H2,(H2,19,20,21)/t16-/m0/s1. The number of carbonyl (C=O) groups excluding carboxylic acids is 1. The van der Waals surface area contributed by atoms with E-state index in [1.165, 1.54) is 12.8 Å². The van der Waals surface area contributed by atoms with E-state index < -0.39 is 0 Å². The fraction of sp³-hybridized carbons (Fsp3) is 0.294. The lowest BCUT2D eigenvalue weighted by molar-refractivity contribution is 0.238. The van der Waals surface area contributed by atoms with Gasteiger partial charge in [0, 0.05) is 12.7 Å². The lowest BCUT2D eigenvalue weighted by atomic mass is 10.0. The molecule has 0 radical (unpaired) electrons. The number of aromatic nitrogens is 1. The Morgan fingerprint density at radius 2 is 1.90 bits per heavy atom. The Morgan fingerprint density at radius 3 is 2.57 bits per heavy atom. The van der Waals surface area contributed by atoms with Crippen molar-refractivity contribution in [1.29, 1.82) is 0 Å². The van der Waals surface area contributed by atoms with Crippen molar-refractivity contribution >= 4 is 6.03 Å². The molecule has 0 saturated heterocycles. The van der Waals surface area contributed by atoms with E-state index in [9.17, 15) is 4.79 Å². The summed E-state index contributed by atoms with van der Waals surface area (Å²) in [6.45, 7) is 0.759. The average molecular weight is 281 g/mol. The van der Waals surface area contributed by atoms with Crippen LogP contribution in [-0.2, 0) is 0 Å². The molecule has 2 amide bonds. The number of nitrogens with one attached hydrogen (secondary N) is 2. The van der Waals surface area contributed by atoms with E-state index in [0.29, 0.717) is 5.92 Å². The van der Waals surface area contributed by atoms with Crippen LogP contribution >= 0.6 is 0 Å². The number of hydrogen-bond acceptors (Lipinski definition) is 2. The predicted molar refractivity (Wildman–Crippen MR) is 81.8 cm³/mol. The molecule has 0 spiro atoms. The molecule has 1 saturated carbocycles. The molecule has 1 aromatic carbocycles. The van der Waals surface area contributed by atoms with Crippen LogP contribution in [0.15, 0.2) is 54.7 Å². The van der Waals surface area contributed by atoms with Gasteiger partial charge in [0.2, 0.25) is 0 Å². The first-order valence-corrected chi connectivity index (χ1v) is 7.33. The Morgan fingerprint density at radius 1 is 1.14 bits per heavy atom. The largest absolute Gasteiger partial charge is 0.338 e. The van der Waals surface area contributed by atoms with Crippen LogP contribution in [0.25, 0.3) is 0 Å². The zero-order chi connectivity index (χ0) is 14.5. The summed E-state index contributed by atoms with van der Waals surface area (Å²) in [5.74, 6) is 0.667. The van der Waals surface area contributed by atoms with Crippen LogP contribution in [0.1, 0.15) is 30.1 Å². The van der Waals surface area contributed by atoms with Gasteiger partial charge in [-0.1, -0.05) is 36.4 Å². The van der Waals surface area contributed by atoms with E-state index in [-0.39, 0.29) is 12.1 Å². The van der Waals surface area contributed by atoms with Crippen LogP contribution < -0.4 is 10.6 Å². The number of carbonyl (C=O) groups is 1. The van der Waals surface area contributed by atoms with Gasteiger partial charge in [0.1, 0.15) is 0 Å². The summed E-state index contributed by atoms with van der Waals surface area (Å²) in [6, 6.07) is 15.3. The van der Waals surface area contributed by atoms with Crippen molar-refractivity contribution in [2.45, 2.75) is 18.9 Å². The monoisotopic (exact) mass is 281 g/mol. The van der Waals surface area contributed by atoms with Gasteiger partial charge in [-0.3, -0.25) is 4.98 Å². The Balaban J connectivity index is 1.74. The second-order valence-corrected chi connectivity index (χ2v) is 5.40. The quantitative estimate of drug-likeness (QED) is 0.885. The van der Waals surface area contributed by atoms with Gasteiger partial charge in [-0.2, -0.15) is 0 Å². The molecule has 2 N–H and O–H groups in total. The van der Waals surface area contributed by atoms with Crippen molar-refractivity contribution in [2.75, 3.05) is 6.54 Å². The molecular formula is C17H19N3O. The van der Waals surface area contributed by atoms with E-state index in [1.807, 2.05) is 48.5 Å². The van der Waals surface area contributed by atoms with Gasteiger partial charge < -0.3 is 10.6 Å². The Kier molecular flexibility index (Phi) is 4.15. The Labute approximate surface area is 124 Å². The molecule has 1 aliphatic rings. The molecular weight excluding hydrogens is 262 g/mol. The average Bonchev–Trinajstić information content (AvgIpc) is 3.37. The number of rotatable bonds is 5. The highest BCUT2D eigenvalue weighted by Gasteiger charge is 2.23. The highest BCUT2D eigenvalue weighted by atomic mass is 16.2. The van der Waals surface area contributed by atoms with Gasteiger partial charge in [-0.15, -0.1) is 0 Å². The van der Waals surface area contributed by atoms with Crippen molar-refractivity contribution in [3.63, 3.8) is 0 Å². The van der Waals surface area contributed by atoms with Gasteiger partial charge in [0.05, 0.1) is 11.7 Å². The second-order valence-electron chi connectivity index (χ2n) is 5.40. The lowest BCUT2D eigenvalue weighted by Crippen LogP contribution is -2.39.